The summed E-state index contributed by atoms with van der Waals surface area (Å²) >= 11 is 0. The van der Waals surface area contributed by atoms with Gasteiger partial charge in [-0.2, -0.15) is 0 Å². The van der Waals surface area contributed by atoms with Crippen molar-refractivity contribution in [3.63, 3.8) is 0 Å². The summed E-state index contributed by atoms with van der Waals surface area (Å²) in [5.74, 6) is -1.29. The van der Waals surface area contributed by atoms with Gasteiger partial charge < -0.3 is 14.2 Å². The number of carbonyl (C=O) groups is 2. The second-order valence-corrected chi connectivity index (χ2v) is 3.81. The highest BCUT2D eigenvalue weighted by atomic mass is 16.6. The topological polar surface area (TPSA) is 61.8 Å². The predicted octanol–water partition coefficient (Wildman–Crippen LogP) is 1.07. The molecule has 0 aromatic rings. The highest BCUT2D eigenvalue weighted by molar-refractivity contribution is 6.04. The van der Waals surface area contributed by atoms with Crippen LogP contribution in [-0.4, -0.2) is 37.9 Å². The maximum atomic E-state index is 12.0. The monoisotopic (exact) mass is 242 g/mol. The highest BCUT2D eigenvalue weighted by Crippen LogP contribution is 2.41. The van der Waals surface area contributed by atoms with Gasteiger partial charge in [0.2, 0.25) is 5.41 Å². The van der Waals surface area contributed by atoms with E-state index in [0.717, 1.165) is 0 Å². The average molecular weight is 242 g/mol. The van der Waals surface area contributed by atoms with E-state index in [1.807, 2.05) is 0 Å². The first-order chi connectivity index (χ1) is 8.01. The number of ether oxygens (including phenoxy) is 3. The summed E-state index contributed by atoms with van der Waals surface area (Å²) < 4.78 is 15.2. The van der Waals surface area contributed by atoms with Gasteiger partial charge in [0.05, 0.1) is 25.9 Å². The van der Waals surface area contributed by atoms with E-state index in [0.29, 0.717) is 5.57 Å². The zero-order valence-electron chi connectivity index (χ0n) is 10.4. The lowest BCUT2D eigenvalue weighted by Crippen LogP contribution is -2.48. The Morgan fingerprint density at radius 2 is 1.82 bits per heavy atom. The van der Waals surface area contributed by atoms with E-state index in [1.54, 1.807) is 20.8 Å². The van der Waals surface area contributed by atoms with Gasteiger partial charge in [-0.25, -0.2) is 0 Å². The van der Waals surface area contributed by atoms with Crippen LogP contribution in [0.4, 0.5) is 0 Å². The molecule has 0 aliphatic carbocycles. The van der Waals surface area contributed by atoms with Gasteiger partial charge in [-0.05, 0) is 26.3 Å². The maximum Gasteiger partial charge on any atom is 0.330 e. The van der Waals surface area contributed by atoms with Crippen LogP contribution < -0.4 is 0 Å². The van der Waals surface area contributed by atoms with Crippen LogP contribution in [0.2, 0.25) is 0 Å². The molecule has 5 heteroatoms. The Hall–Kier alpha value is -1.36. The minimum atomic E-state index is -1.51. The third kappa shape index (κ3) is 2.07. The Bertz CT molecular complexity index is 316. The zero-order chi connectivity index (χ0) is 13.1. The largest absolute Gasteiger partial charge is 0.465 e. The summed E-state index contributed by atoms with van der Waals surface area (Å²) in [7, 11) is 0. The standard InChI is InChI=1S/C12H18O5/c1-5-15-10(13)12(11(14)16-6-2)8(3)7-17-9(12)4/h9H,3,5-7H2,1-2,4H3. The molecule has 1 aliphatic rings. The number of hydrogen-bond donors (Lipinski definition) is 0. The van der Waals surface area contributed by atoms with Gasteiger partial charge in [0.1, 0.15) is 0 Å². The molecule has 1 heterocycles. The van der Waals surface area contributed by atoms with Crippen molar-refractivity contribution in [2.75, 3.05) is 19.8 Å². The molecule has 1 atom stereocenters. The van der Waals surface area contributed by atoms with Crippen LogP contribution in [0.5, 0.6) is 0 Å². The summed E-state index contributed by atoms with van der Waals surface area (Å²) in [6, 6.07) is 0. The summed E-state index contributed by atoms with van der Waals surface area (Å²) in [4.78, 5) is 24.1. The van der Waals surface area contributed by atoms with Crippen molar-refractivity contribution in [2.45, 2.75) is 26.9 Å². The second kappa shape index (κ2) is 5.31. The summed E-state index contributed by atoms with van der Waals surface area (Å²) in [5.41, 5.74) is -1.12. The van der Waals surface area contributed by atoms with Crippen molar-refractivity contribution in [3.8, 4) is 0 Å². The van der Waals surface area contributed by atoms with Crippen LogP contribution in [0, 0.1) is 5.41 Å². The maximum absolute atomic E-state index is 12.0. The normalized spacial score (nSPS) is 22.3. The fourth-order valence-electron chi connectivity index (χ4n) is 1.95. The molecule has 96 valence electrons. The SMILES string of the molecule is C=C1COC(C)C1(C(=O)OCC)C(=O)OCC. The van der Waals surface area contributed by atoms with E-state index in [9.17, 15) is 9.59 Å². The summed E-state index contributed by atoms with van der Waals surface area (Å²) in [5, 5.41) is 0. The average Bonchev–Trinajstić information content (AvgIpc) is 2.56. The van der Waals surface area contributed by atoms with Crippen LogP contribution in [-0.2, 0) is 23.8 Å². The van der Waals surface area contributed by atoms with Crippen LogP contribution in [0.15, 0.2) is 12.2 Å². The van der Waals surface area contributed by atoms with E-state index in [1.165, 1.54) is 0 Å². The Morgan fingerprint density at radius 1 is 1.35 bits per heavy atom. The summed E-state index contributed by atoms with van der Waals surface area (Å²) in [6.45, 7) is 9.30. The van der Waals surface area contributed by atoms with Crippen molar-refractivity contribution < 1.29 is 23.8 Å². The molecule has 1 aliphatic heterocycles. The van der Waals surface area contributed by atoms with Gasteiger partial charge in [-0.15, -0.1) is 0 Å². The van der Waals surface area contributed by atoms with E-state index < -0.39 is 23.5 Å². The Balaban J connectivity index is 3.12. The zero-order valence-corrected chi connectivity index (χ0v) is 10.4. The molecule has 1 unspecified atom stereocenters. The van der Waals surface area contributed by atoms with Crippen LogP contribution in [0.1, 0.15) is 20.8 Å². The van der Waals surface area contributed by atoms with E-state index in [2.05, 4.69) is 6.58 Å². The highest BCUT2D eigenvalue weighted by Gasteiger charge is 2.59. The third-order valence-corrected chi connectivity index (χ3v) is 2.87. The number of carbonyl (C=O) groups excluding carboxylic acids is 2. The minimum absolute atomic E-state index is 0.165. The molecular weight excluding hydrogens is 224 g/mol. The van der Waals surface area contributed by atoms with Gasteiger partial charge >= 0.3 is 11.9 Å². The van der Waals surface area contributed by atoms with Gasteiger partial charge in [-0.3, -0.25) is 9.59 Å². The quantitative estimate of drug-likeness (QED) is 0.419. The molecule has 0 aromatic carbocycles. The molecule has 0 amide bonds. The molecule has 1 saturated heterocycles. The van der Waals surface area contributed by atoms with Gasteiger partial charge in [0.15, 0.2) is 0 Å². The van der Waals surface area contributed by atoms with Gasteiger partial charge in [0, 0.05) is 0 Å². The lowest BCUT2D eigenvalue weighted by atomic mass is 9.78. The second-order valence-electron chi connectivity index (χ2n) is 3.81. The fraction of sp³-hybridized carbons (Fsp3) is 0.667. The molecule has 0 bridgehead atoms. The Labute approximate surface area is 101 Å². The Morgan fingerprint density at radius 3 is 2.12 bits per heavy atom. The van der Waals surface area contributed by atoms with Crippen molar-refractivity contribution in [1.82, 2.24) is 0 Å². The van der Waals surface area contributed by atoms with E-state index >= 15 is 0 Å². The number of rotatable bonds is 4. The number of esters is 2. The molecule has 0 saturated carbocycles. The smallest absolute Gasteiger partial charge is 0.330 e. The molecule has 17 heavy (non-hydrogen) atoms. The minimum Gasteiger partial charge on any atom is -0.465 e. The molecule has 0 spiro atoms. The van der Waals surface area contributed by atoms with Crippen molar-refractivity contribution >= 4 is 11.9 Å². The molecule has 5 nitrogen and oxygen atoms in total. The first-order valence-electron chi connectivity index (χ1n) is 5.66. The molecule has 1 rings (SSSR count). The van der Waals surface area contributed by atoms with E-state index in [-0.39, 0.29) is 19.8 Å². The lowest BCUT2D eigenvalue weighted by molar-refractivity contribution is -0.172. The Kier molecular flexibility index (Phi) is 4.28. The van der Waals surface area contributed by atoms with Crippen LogP contribution >= 0.6 is 0 Å². The number of hydrogen-bond acceptors (Lipinski definition) is 5. The summed E-state index contributed by atoms with van der Waals surface area (Å²) in [6.07, 6.45) is -0.618. The first-order valence-corrected chi connectivity index (χ1v) is 5.66. The predicted molar refractivity (Wildman–Crippen MR) is 60.3 cm³/mol. The van der Waals surface area contributed by atoms with Crippen LogP contribution in [0.25, 0.3) is 0 Å². The molecule has 0 radical (unpaired) electrons. The lowest BCUT2D eigenvalue weighted by Gasteiger charge is -2.27. The van der Waals surface area contributed by atoms with Crippen molar-refractivity contribution in [2.24, 2.45) is 5.41 Å². The van der Waals surface area contributed by atoms with Gasteiger partial charge in [0.25, 0.3) is 0 Å². The van der Waals surface area contributed by atoms with E-state index in [4.69, 9.17) is 14.2 Å². The first kappa shape index (κ1) is 13.7. The molecular formula is C12H18O5. The third-order valence-electron chi connectivity index (χ3n) is 2.87. The van der Waals surface area contributed by atoms with Gasteiger partial charge in [-0.1, -0.05) is 6.58 Å². The molecule has 1 fully saturated rings. The molecule has 0 aromatic heterocycles. The molecule has 0 N–H and O–H groups in total. The van der Waals surface area contributed by atoms with Crippen molar-refractivity contribution in [1.29, 1.82) is 0 Å². The van der Waals surface area contributed by atoms with Crippen molar-refractivity contribution in [3.05, 3.63) is 12.2 Å². The van der Waals surface area contributed by atoms with Crippen LogP contribution in [0.3, 0.4) is 0 Å². The fourth-order valence-corrected chi connectivity index (χ4v) is 1.95.